The summed E-state index contributed by atoms with van der Waals surface area (Å²) in [6.45, 7) is 6.67. The van der Waals surface area contributed by atoms with Crippen molar-refractivity contribution in [1.29, 1.82) is 0 Å². The summed E-state index contributed by atoms with van der Waals surface area (Å²) in [6.07, 6.45) is 1.95. The highest BCUT2D eigenvalue weighted by Crippen LogP contribution is 2.20. The van der Waals surface area contributed by atoms with E-state index in [1.165, 1.54) is 0 Å². The quantitative estimate of drug-likeness (QED) is 0.764. The lowest BCUT2D eigenvalue weighted by Gasteiger charge is -2.30. The summed E-state index contributed by atoms with van der Waals surface area (Å²) in [7, 11) is 0. The van der Waals surface area contributed by atoms with Crippen molar-refractivity contribution in [2.75, 3.05) is 19.7 Å². The first-order chi connectivity index (χ1) is 8.69. The number of piperidine rings is 1. The van der Waals surface area contributed by atoms with Crippen LogP contribution in [-0.4, -0.2) is 35.7 Å². The molecule has 1 atom stereocenters. The first-order valence-electron chi connectivity index (χ1n) is 6.50. The molecule has 1 saturated heterocycles. The van der Waals surface area contributed by atoms with E-state index in [0.29, 0.717) is 6.61 Å². The lowest BCUT2D eigenvalue weighted by atomic mass is 9.98. The fourth-order valence-corrected chi connectivity index (χ4v) is 2.36. The number of nitrogens with zero attached hydrogens (tertiary/aromatic N) is 2. The third-order valence-electron chi connectivity index (χ3n) is 3.18. The van der Waals surface area contributed by atoms with Gasteiger partial charge < -0.3 is 9.26 Å². The van der Waals surface area contributed by atoms with Gasteiger partial charge in [-0.15, -0.1) is 0 Å². The highest BCUT2D eigenvalue weighted by molar-refractivity contribution is 5.72. The number of rotatable bonds is 4. The van der Waals surface area contributed by atoms with E-state index in [-0.39, 0.29) is 11.9 Å². The summed E-state index contributed by atoms with van der Waals surface area (Å²) in [4.78, 5) is 13.9. The van der Waals surface area contributed by atoms with E-state index in [0.717, 1.165) is 43.9 Å². The second-order valence-corrected chi connectivity index (χ2v) is 4.76. The molecule has 1 aliphatic rings. The highest BCUT2D eigenvalue weighted by Gasteiger charge is 2.27. The third-order valence-corrected chi connectivity index (χ3v) is 3.18. The highest BCUT2D eigenvalue weighted by atomic mass is 16.5. The fourth-order valence-electron chi connectivity index (χ4n) is 2.36. The normalized spacial score (nSPS) is 20.9. The van der Waals surface area contributed by atoms with Gasteiger partial charge in [0.25, 0.3) is 0 Å². The van der Waals surface area contributed by atoms with Crippen molar-refractivity contribution in [3.63, 3.8) is 0 Å². The van der Waals surface area contributed by atoms with Gasteiger partial charge in [0.1, 0.15) is 0 Å². The van der Waals surface area contributed by atoms with E-state index in [2.05, 4.69) is 10.1 Å². The smallest absolute Gasteiger partial charge is 0.310 e. The van der Waals surface area contributed by atoms with Crippen molar-refractivity contribution in [1.82, 2.24) is 10.1 Å². The first-order valence-corrected chi connectivity index (χ1v) is 6.50. The summed E-state index contributed by atoms with van der Waals surface area (Å²) in [5.41, 5.74) is 0.893. The number of esters is 1. The average Bonchev–Trinajstić information content (AvgIpc) is 2.75. The van der Waals surface area contributed by atoms with Crippen LogP contribution in [0, 0.1) is 12.8 Å². The van der Waals surface area contributed by atoms with E-state index < -0.39 is 0 Å². The Balaban J connectivity index is 1.88. The van der Waals surface area contributed by atoms with E-state index >= 15 is 0 Å². The summed E-state index contributed by atoms with van der Waals surface area (Å²) in [5.74, 6) is 0.788. The second kappa shape index (κ2) is 6.00. The molecule has 2 rings (SSSR count). The molecule has 5 nitrogen and oxygen atoms in total. The minimum absolute atomic E-state index is 0.00252. The van der Waals surface area contributed by atoms with Crippen LogP contribution in [-0.2, 0) is 16.1 Å². The van der Waals surface area contributed by atoms with Crippen LogP contribution in [0.3, 0.4) is 0 Å². The Morgan fingerprint density at radius 1 is 1.67 bits per heavy atom. The van der Waals surface area contributed by atoms with Crippen molar-refractivity contribution in [2.45, 2.75) is 33.2 Å². The molecule has 5 heteroatoms. The van der Waals surface area contributed by atoms with Crippen molar-refractivity contribution in [2.24, 2.45) is 5.92 Å². The molecule has 0 aromatic carbocycles. The molecule has 0 aliphatic carbocycles. The molecule has 100 valence electrons. The Kier molecular flexibility index (Phi) is 4.36. The predicted molar refractivity (Wildman–Crippen MR) is 65.9 cm³/mol. The molecule has 18 heavy (non-hydrogen) atoms. The van der Waals surface area contributed by atoms with Gasteiger partial charge >= 0.3 is 5.97 Å². The number of likely N-dealkylation sites (tertiary alicyclic amines) is 1. The first kappa shape index (κ1) is 13.1. The minimum Gasteiger partial charge on any atom is -0.466 e. The largest absolute Gasteiger partial charge is 0.466 e. The van der Waals surface area contributed by atoms with Crippen LogP contribution in [0.4, 0.5) is 0 Å². The van der Waals surface area contributed by atoms with Crippen LogP contribution in [0.15, 0.2) is 10.6 Å². The van der Waals surface area contributed by atoms with Gasteiger partial charge in [-0.3, -0.25) is 9.69 Å². The molecule has 0 unspecified atom stereocenters. The average molecular weight is 252 g/mol. The van der Waals surface area contributed by atoms with E-state index in [1.54, 1.807) is 0 Å². The van der Waals surface area contributed by atoms with Gasteiger partial charge in [-0.25, -0.2) is 0 Å². The summed E-state index contributed by atoms with van der Waals surface area (Å²) < 4.78 is 10.3. The standard InChI is InChI=1S/C13H20N2O3/c1-3-17-13(16)11-5-4-6-15(8-11)9-12-7-10(2)14-18-12/h7,11H,3-6,8-9H2,1-2H3/t11-/m0/s1. The molecule has 0 saturated carbocycles. The molecule has 0 radical (unpaired) electrons. The Morgan fingerprint density at radius 2 is 2.50 bits per heavy atom. The summed E-state index contributed by atoms with van der Waals surface area (Å²) in [6, 6.07) is 1.94. The molecule has 0 N–H and O–H groups in total. The number of hydrogen-bond donors (Lipinski definition) is 0. The zero-order valence-electron chi connectivity index (χ0n) is 11.0. The van der Waals surface area contributed by atoms with Crippen LogP contribution < -0.4 is 0 Å². The number of ether oxygens (including phenoxy) is 1. The second-order valence-electron chi connectivity index (χ2n) is 4.76. The van der Waals surface area contributed by atoms with E-state index in [1.807, 2.05) is 19.9 Å². The zero-order chi connectivity index (χ0) is 13.0. The molecule has 1 aromatic heterocycles. The fraction of sp³-hybridized carbons (Fsp3) is 0.692. The molecular weight excluding hydrogens is 232 g/mol. The third kappa shape index (κ3) is 3.32. The Hall–Kier alpha value is -1.36. The number of aromatic nitrogens is 1. The number of carbonyl (C=O) groups excluding carboxylic acids is 1. The van der Waals surface area contributed by atoms with Crippen LogP contribution >= 0.6 is 0 Å². The Labute approximate surface area is 107 Å². The van der Waals surface area contributed by atoms with Crippen LogP contribution in [0.2, 0.25) is 0 Å². The summed E-state index contributed by atoms with van der Waals surface area (Å²) in [5, 5.41) is 3.87. The van der Waals surface area contributed by atoms with Gasteiger partial charge in [0.15, 0.2) is 5.76 Å². The SMILES string of the molecule is CCOC(=O)[C@H]1CCCN(Cc2cc(C)no2)C1. The van der Waals surface area contributed by atoms with Gasteiger partial charge in [-0.1, -0.05) is 5.16 Å². The molecule has 1 aliphatic heterocycles. The number of carbonyl (C=O) groups is 1. The lowest BCUT2D eigenvalue weighted by Crippen LogP contribution is -2.38. The van der Waals surface area contributed by atoms with Crippen molar-refractivity contribution in [3.8, 4) is 0 Å². The maximum atomic E-state index is 11.7. The topological polar surface area (TPSA) is 55.6 Å². The molecule has 1 fully saturated rings. The van der Waals surface area contributed by atoms with Crippen LogP contribution in [0.1, 0.15) is 31.2 Å². The zero-order valence-corrected chi connectivity index (χ0v) is 11.0. The van der Waals surface area contributed by atoms with Crippen LogP contribution in [0.5, 0.6) is 0 Å². The Morgan fingerprint density at radius 3 is 3.17 bits per heavy atom. The number of hydrogen-bond acceptors (Lipinski definition) is 5. The summed E-state index contributed by atoms with van der Waals surface area (Å²) >= 11 is 0. The van der Waals surface area contributed by atoms with Gasteiger partial charge in [0, 0.05) is 12.6 Å². The Bertz CT molecular complexity index is 403. The molecule has 1 aromatic rings. The predicted octanol–water partition coefficient (Wildman–Crippen LogP) is 1.76. The molecular formula is C13H20N2O3. The molecule has 0 spiro atoms. The van der Waals surface area contributed by atoms with Gasteiger partial charge in [-0.2, -0.15) is 0 Å². The molecule has 0 bridgehead atoms. The van der Waals surface area contributed by atoms with Gasteiger partial charge in [0.2, 0.25) is 0 Å². The number of aryl methyl sites for hydroxylation is 1. The van der Waals surface area contributed by atoms with Crippen molar-refractivity contribution >= 4 is 5.97 Å². The van der Waals surface area contributed by atoms with Crippen LogP contribution in [0.25, 0.3) is 0 Å². The van der Waals surface area contributed by atoms with E-state index in [4.69, 9.17) is 9.26 Å². The monoisotopic (exact) mass is 252 g/mol. The van der Waals surface area contributed by atoms with Gasteiger partial charge in [-0.05, 0) is 33.2 Å². The maximum absolute atomic E-state index is 11.7. The minimum atomic E-state index is -0.0732. The van der Waals surface area contributed by atoms with E-state index in [9.17, 15) is 4.79 Å². The van der Waals surface area contributed by atoms with Crippen molar-refractivity contribution < 1.29 is 14.1 Å². The van der Waals surface area contributed by atoms with Crippen molar-refractivity contribution in [3.05, 3.63) is 17.5 Å². The molecule has 0 amide bonds. The molecule has 2 heterocycles. The van der Waals surface area contributed by atoms with Gasteiger partial charge in [0.05, 0.1) is 24.8 Å². The lowest BCUT2D eigenvalue weighted by molar-refractivity contribution is -0.150. The maximum Gasteiger partial charge on any atom is 0.310 e.